The van der Waals surface area contributed by atoms with Crippen LogP contribution in [0.4, 0.5) is 0 Å². The predicted octanol–water partition coefficient (Wildman–Crippen LogP) is -0.546. The normalized spacial score (nSPS) is 22.0. The molecule has 0 aromatic carbocycles. The smallest absolute Gasteiger partial charge is 0.307 e. The van der Waals surface area contributed by atoms with Crippen molar-refractivity contribution < 1.29 is 14.6 Å². The summed E-state index contributed by atoms with van der Waals surface area (Å²) in [5.74, 6) is -0.352. The van der Waals surface area contributed by atoms with Gasteiger partial charge in [0.15, 0.2) is 0 Å². The quantitative estimate of drug-likeness (QED) is 0.448. The molecule has 1 heterocycles. The molecule has 0 atom stereocenters. The molecule has 0 aromatic rings. The Hall–Kier alpha value is -0.610. The van der Waals surface area contributed by atoms with Crippen LogP contribution in [0.15, 0.2) is 0 Å². The number of carbonyl (C=O) groups excluding carboxylic acids is 1. The number of nitrogens with one attached hydrogen (secondary N) is 1. The summed E-state index contributed by atoms with van der Waals surface area (Å²) in [5.41, 5.74) is 0. The monoisotopic (exact) mass is 131 g/mol. The van der Waals surface area contributed by atoms with Gasteiger partial charge in [0.2, 0.25) is 0 Å². The Balaban J connectivity index is 2.20. The highest BCUT2D eigenvalue weighted by molar-refractivity contribution is 5.70. The van der Waals surface area contributed by atoms with Crippen molar-refractivity contribution in [2.24, 2.45) is 0 Å². The molecule has 0 aliphatic carbocycles. The fourth-order valence-electron chi connectivity index (χ4n) is 0.583. The zero-order valence-corrected chi connectivity index (χ0v) is 5.05. The second-order valence-electron chi connectivity index (χ2n) is 1.81. The van der Waals surface area contributed by atoms with Gasteiger partial charge in [0.05, 0.1) is 13.2 Å². The lowest BCUT2D eigenvalue weighted by Crippen LogP contribution is -2.29. The van der Waals surface area contributed by atoms with Crippen LogP contribution in [0.1, 0.15) is 6.42 Å². The second-order valence-corrected chi connectivity index (χ2v) is 1.81. The third-order valence-corrected chi connectivity index (χ3v) is 1.00. The SMILES string of the molecule is O=C1CNCCCOO1. The summed E-state index contributed by atoms with van der Waals surface area (Å²) in [7, 11) is 0. The Labute approximate surface area is 53.1 Å². The van der Waals surface area contributed by atoms with Crippen molar-refractivity contribution in [3.8, 4) is 0 Å². The number of carbonyl (C=O) groups is 1. The van der Waals surface area contributed by atoms with Crippen molar-refractivity contribution in [1.82, 2.24) is 5.32 Å². The maximum atomic E-state index is 10.4. The van der Waals surface area contributed by atoms with Gasteiger partial charge in [0.25, 0.3) is 0 Å². The fraction of sp³-hybridized carbons (Fsp3) is 0.800. The van der Waals surface area contributed by atoms with E-state index in [1.807, 2.05) is 0 Å². The first-order valence-electron chi connectivity index (χ1n) is 2.92. The van der Waals surface area contributed by atoms with Gasteiger partial charge in [-0.2, -0.15) is 4.89 Å². The minimum atomic E-state index is -0.352. The molecule has 1 aliphatic rings. The van der Waals surface area contributed by atoms with Crippen molar-refractivity contribution >= 4 is 5.97 Å². The lowest BCUT2D eigenvalue weighted by Gasteiger charge is -2.08. The molecule has 0 saturated carbocycles. The van der Waals surface area contributed by atoms with Gasteiger partial charge in [-0.15, -0.1) is 0 Å². The molecular weight excluding hydrogens is 122 g/mol. The Bertz CT molecular complexity index is 94.4. The van der Waals surface area contributed by atoms with Gasteiger partial charge in [0.1, 0.15) is 0 Å². The molecule has 0 bridgehead atoms. The highest BCUT2D eigenvalue weighted by Crippen LogP contribution is 1.87. The largest absolute Gasteiger partial charge is 0.355 e. The van der Waals surface area contributed by atoms with Gasteiger partial charge in [-0.05, 0) is 13.0 Å². The summed E-state index contributed by atoms with van der Waals surface area (Å²) < 4.78 is 0. The van der Waals surface area contributed by atoms with Gasteiger partial charge in [-0.1, -0.05) is 0 Å². The fourth-order valence-corrected chi connectivity index (χ4v) is 0.583. The third kappa shape index (κ3) is 2.43. The van der Waals surface area contributed by atoms with Crippen LogP contribution in [0.3, 0.4) is 0 Å². The molecule has 4 nitrogen and oxygen atoms in total. The Morgan fingerprint density at radius 1 is 1.56 bits per heavy atom. The highest BCUT2D eigenvalue weighted by Gasteiger charge is 2.05. The summed E-state index contributed by atoms with van der Waals surface area (Å²) in [6, 6.07) is 0. The molecule has 0 spiro atoms. The molecule has 1 fully saturated rings. The number of rotatable bonds is 0. The van der Waals surface area contributed by atoms with Crippen LogP contribution in [-0.4, -0.2) is 25.7 Å². The van der Waals surface area contributed by atoms with Gasteiger partial charge < -0.3 is 5.32 Å². The first-order valence-corrected chi connectivity index (χ1v) is 2.92. The maximum Gasteiger partial charge on any atom is 0.355 e. The molecule has 4 heteroatoms. The minimum absolute atomic E-state index is 0.250. The van der Waals surface area contributed by atoms with E-state index in [1.165, 1.54) is 0 Å². The van der Waals surface area contributed by atoms with Gasteiger partial charge in [-0.3, -0.25) is 4.89 Å². The second kappa shape index (κ2) is 3.42. The Morgan fingerprint density at radius 2 is 2.44 bits per heavy atom. The summed E-state index contributed by atoms with van der Waals surface area (Å²) >= 11 is 0. The summed E-state index contributed by atoms with van der Waals surface area (Å²) in [6.07, 6.45) is 0.882. The van der Waals surface area contributed by atoms with E-state index in [9.17, 15) is 4.79 Å². The first-order chi connectivity index (χ1) is 4.39. The molecule has 52 valence electrons. The van der Waals surface area contributed by atoms with Crippen molar-refractivity contribution in [3.05, 3.63) is 0 Å². The van der Waals surface area contributed by atoms with E-state index in [0.29, 0.717) is 6.61 Å². The molecule has 1 aliphatic heterocycles. The van der Waals surface area contributed by atoms with Crippen LogP contribution in [0, 0.1) is 0 Å². The van der Waals surface area contributed by atoms with Crippen LogP contribution >= 0.6 is 0 Å². The summed E-state index contributed by atoms with van der Waals surface area (Å²) in [6.45, 7) is 1.55. The average molecular weight is 131 g/mol. The molecule has 1 saturated heterocycles. The average Bonchev–Trinajstić information content (AvgIpc) is 1.79. The standard InChI is InChI=1S/C5H9NO3/c7-5-4-6-2-1-3-8-9-5/h6H,1-4H2. The minimum Gasteiger partial charge on any atom is -0.307 e. The van der Waals surface area contributed by atoms with E-state index < -0.39 is 0 Å². The molecular formula is C5H9NO3. The van der Waals surface area contributed by atoms with E-state index in [-0.39, 0.29) is 12.5 Å². The molecule has 0 amide bonds. The highest BCUT2D eigenvalue weighted by atomic mass is 17.2. The van der Waals surface area contributed by atoms with E-state index in [2.05, 4.69) is 15.1 Å². The van der Waals surface area contributed by atoms with Crippen molar-refractivity contribution in [2.45, 2.75) is 6.42 Å². The van der Waals surface area contributed by atoms with E-state index in [1.54, 1.807) is 0 Å². The number of hydrogen-bond donors (Lipinski definition) is 1. The maximum absolute atomic E-state index is 10.4. The van der Waals surface area contributed by atoms with E-state index >= 15 is 0 Å². The van der Waals surface area contributed by atoms with Crippen molar-refractivity contribution in [2.75, 3.05) is 19.7 Å². The van der Waals surface area contributed by atoms with Gasteiger partial charge >= 0.3 is 5.97 Å². The predicted molar refractivity (Wildman–Crippen MR) is 29.5 cm³/mol. The molecule has 0 aromatic heterocycles. The zero-order valence-electron chi connectivity index (χ0n) is 5.05. The van der Waals surface area contributed by atoms with Crippen LogP contribution in [0.2, 0.25) is 0 Å². The van der Waals surface area contributed by atoms with Crippen LogP contribution in [0.5, 0.6) is 0 Å². The summed E-state index contributed by atoms with van der Waals surface area (Å²) in [5, 5.41) is 2.88. The Kier molecular flexibility index (Phi) is 2.48. The topological polar surface area (TPSA) is 47.6 Å². The van der Waals surface area contributed by atoms with Crippen molar-refractivity contribution in [1.29, 1.82) is 0 Å². The first kappa shape index (κ1) is 6.51. The summed E-state index contributed by atoms with van der Waals surface area (Å²) in [4.78, 5) is 19.2. The van der Waals surface area contributed by atoms with Crippen LogP contribution in [-0.2, 0) is 14.6 Å². The van der Waals surface area contributed by atoms with E-state index in [0.717, 1.165) is 13.0 Å². The lowest BCUT2D eigenvalue weighted by atomic mass is 10.4. The molecule has 0 unspecified atom stereocenters. The van der Waals surface area contributed by atoms with Gasteiger partial charge in [-0.25, -0.2) is 4.79 Å². The third-order valence-electron chi connectivity index (χ3n) is 1.00. The van der Waals surface area contributed by atoms with Crippen LogP contribution in [0.25, 0.3) is 0 Å². The molecule has 1 N–H and O–H groups in total. The van der Waals surface area contributed by atoms with Gasteiger partial charge in [0, 0.05) is 0 Å². The van der Waals surface area contributed by atoms with Crippen molar-refractivity contribution in [3.63, 3.8) is 0 Å². The lowest BCUT2D eigenvalue weighted by molar-refractivity contribution is -0.273. The molecule has 0 radical (unpaired) electrons. The Morgan fingerprint density at radius 3 is 3.33 bits per heavy atom. The van der Waals surface area contributed by atoms with Crippen LogP contribution < -0.4 is 5.32 Å². The van der Waals surface area contributed by atoms with E-state index in [4.69, 9.17) is 0 Å². The molecule has 9 heavy (non-hydrogen) atoms. The number of hydrogen-bond acceptors (Lipinski definition) is 4. The zero-order chi connectivity index (χ0) is 6.53. The molecule has 1 rings (SSSR count).